The van der Waals surface area contributed by atoms with Crippen LogP contribution >= 0.6 is 0 Å². The fourth-order valence-electron chi connectivity index (χ4n) is 4.55. The zero-order chi connectivity index (χ0) is 22.3. The SMILES string of the molecule is CCCCc1nc(CC2CCCCC2)nn1Cc1ccc(-c2ccccc2C(=O)O)nc1. The Hall–Kier alpha value is -3.02. The summed E-state index contributed by atoms with van der Waals surface area (Å²) in [6.07, 6.45) is 12.6. The third-order valence-electron chi connectivity index (χ3n) is 6.33. The first-order valence-electron chi connectivity index (χ1n) is 11.8. The number of rotatable bonds is 9. The van der Waals surface area contributed by atoms with E-state index in [0.29, 0.717) is 23.7 Å². The van der Waals surface area contributed by atoms with Crippen molar-refractivity contribution in [1.29, 1.82) is 0 Å². The number of carboxylic acids is 1. The standard InChI is InChI=1S/C26H32N4O2/c1-2-3-13-25-28-24(16-19-9-5-4-6-10-19)29-30(25)18-20-14-15-23(27-17-20)21-11-7-8-12-22(21)26(31)32/h7-8,11-12,14-15,17,19H,2-6,9-10,13,16,18H2,1H3,(H,31,32). The molecule has 2 heterocycles. The Balaban J connectivity index is 1.52. The molecule has 4 rings (SSSR count). The lowest BCUT2D eigenvalue weighted by Gasteiger charge is -2.19. The van der Waals surface area contributed by atoms with E-state index in [1.165, 1.54) is 32.1 Å². The molecular weight excluding hydrogens is 400 g/mol. The molecule has 0 unspecified atom stereocenters. The van der Waals surface area contributed by atoms with Gasteiger partial charge in [0, 0.05) is 24.6 Å². The van der Waals surface area contributed by atoms with E-state index in [9.17, 15) is 9.90 Å². The largest absolute Gasteiger partial charge is 0.478 e. The van der Waals surface area contributed by atoms with Crippen molar-refractivity contribution in [3.05, 3.63) is 65.4 Å². The molecule has 1 saturated carbocycles. The van der Waals surface area contributed by atoms with Gasteiger partial charge in [0.05, 0.1) is 17.8 Å². The summed E-state index contributed by atoms with van der Waals surface area (Å²) < 4.78 is 2.04. The molecule has 168 valence electrons. The zero-order valence-corrected chi connectivity index (χ0v) is 18.8. The summed E-state index contributed by atoms with van der Waals surface area (Å²) in [4.78, 5) is 21.0. The van der Waals surface area contributed by atoms with E-state index in [2.05, 4.69) is 11.9 Å². The van der Waals surface area contributed by atoms with Crippen molar-refractivity contribution in [3.8, 4) is 11.3 Å². The lowest BCUT2D eigenvalue weighted by atomic mass is 9.87. The van der Waals surface area contributed by atoms with Crippen LogP contribution in [0.5, 0.6) is 0 Å². The van der Waals surface area contributed by atoms with Crippen LogP contribution in [0.4, 0.5) is 0 Å². The molecule has 0 saturated heterocycles. The Kier molecular flexibility index (Phi) is 7.30. The summed E-state index contributed by atoms with van der Waals surface area (Å²) in [6, 6.07) is 10.9. The fraction of sp³-hybridized carbons (Fsp3) is 0.462. The number of carboxylic acid groups (broad SMARTS) is 1. The fourth-order valence-corrected chi connectivity index (χ4v) is 4.55. The molecule has 0 spiro atoms. The Labute approximate surface area is 189 Å². The number of hydrogen-bond donors (Lipinski definition) is 1. The van der Waals surface area contributed by atoms with Crippen LogP contribution in [0.3, 0.4) is 0 Å². The Morgan fingerprint density at radius 1 is 1.12 bits per heavy atom. The minimum Gasteiger partial charge on any atom is -0.478 e. The minimum atomic E-state index is -0.944. The van der Waals surface area contributed by atoms with Gasteiger partial charge in [0.15, 0.2) is 5.82 Å². The van der Waals surface area contributed by atoms with Gasteiger partial charge in [-0.05, 0) is 30.0 Å². The Morgan fingerprint density at radius 3 is 2.66 bits per heavy atom. The molecule has 1 aromatic carbocycles. The number of hydrogen-bond acceptors (Lipinski definition) is 4. The van der Waals surface area contributed by atoms with Crippen molar-refractivity contribution < 1.29 is 9.90 Å². The van der Waals surface area contributed by atoms with Crippen molar-refractivity contribution in [2.24, 2.45) is 5.92 Å². The van der Waals surface area contributed by atoms with E-state index >= 15 is 0 Å². The quantitative estimate of drug-likeness (QED) is 0.479. The second kappa shape index (κ2) is 10.5. The predicted octanol–water partition coefficient (Wildman–Crippen LogP) is 5.55. The van der Waals surface area contributed by atoms with E-state index < -0.39 is 5.97 Å². The molecule has 0 radical (unpaired) electrons. The van der Waals surface area contributed by atoms with Crippen molar-refractivity contribution in [1.82, 2.24) is 19.7 Å². The molecule has 1 aliphatic rings. The lowest BCUT2D eigenvalue weighted by molar-refractivity contribution is 0.0697. The maximum Gasteiger partial charge on any atom is 0.336 e. The van der Waals surface area contributed by atoms with Gasteiger partial charge >= 0.3 is 5.97 Å². The average molecular weight is 433 g/mol. The molecule has 32 heavy (non-hydrogen) atoms. The molecule has 1 fully saturated rings. The second-order valence-corrected chi connectivity index (χ2v) is 8.82. The monoisotopic (exact) mass is 432 g/mol. The topological polar surface area (TPSA) is 80.9 Å². The molecule has 6 heteroatoms. The molecule has 6 nitrogen and oxygen atoms in total. The van der Waals surface area contributed by atoms with Crippen molar-refractivity contribution >= 4 is 5.97 Å². The highest BCUT2D eigenvalue weighted by molar-refractivity contribution is 5.95. The molecular formula is C26H32N4O2. The number of benzene rings is 1. The highest BCUT2D eigenvalue weighted by atomic mass is 16.4. The maximum absolute atomic E-state index is 11.5. The highest BCUT2D eigenvalue weighted by Gasteiger charge is 2.18. The zero-order valence-electron chi connectivity index (χ0n) is 18.8. The van der Waals surface area contributed by atoms with E-state index in [1.54, 1.807) is 18.2 Å². The van der Waals surface area contributed by atoms with E-state index in [1.807, 2.05) is 29.1 Å². The van der Waals surface area contributed by atoms with Gasteiger partial charge in [0.25, 0.3) is 0 Å². The summed E-state index contributed by atoms with van der Waals surface area (Å²) in [5.41, 5.74) is 2.59. The molecule has 0 amide bonds. The van der Waals surface area contributed by atoms with Crippen LogP contribution < -0.4 is 0 Å². The first-order chi connectivity index (χ1) is 15.6. The first kappa shape index (κ1) is 22.2. The van der Waals surface area contributed by atoms with Gasteiger partial charge in [0.2, 0.25) is 0 Å². The molecule has 1 aliphatic carbocycles. The van der Waals surface area contributed by atoms with Crippen LogP contribution in [0.2, 0.25) is 0 Å². The predicted molar refractivity (Wildman–Crippen MR) is 125 cm³/mol. The third kappa shape index (κ3) is 5.42. The summed E-state index contributed by atoms with van der Waals surface area (Å²) in [7, 11) is 0. The molecule has 0 aliphatic heterocycles. The van der Waals surface area contributed by atoms with E-state index in [-0.39, 0.29) is 5.56 Å². The summed E-state index contributed by atoms with van der Waals surface area (Å²) >= 11 is 0. The smallest absolute Gasteiger partial charge is 0.336 e. The van der Waals surface area contributed by atoms with Gasteiger partial charge in [-0.3, -0.25) is 4.98 Å². The van der Waals surface area contributed by atoms with Gasteiger partial charge in [-0.15, -0.1) is 0 Å². The Bertz CT molecular complexity index is 1040. The molecule has 0 bridgehead atoms. The second-order valence-electron chi connectivity index (χ2n) is 8.82. The van der Waals surface area contributed by atoms with Gasteiger partial charge in [-0.1, -0.05) is 69.7 Å². The van der Waals surface area contributed by atoms with E-state index in [0.717, 1.165) is 42.9 Å². The Morgan fingerprint density at radius 2 is 1.94 bits per heavy atom. The first-order valence-corrected chi connectivity index (χ1v) is 11.8. The number of aryl methyl sites for hydroxylation is 1. The van der Waals surface area contributed by atoms with Crippen LogP contribution in [0.25, 0.3) is 11.3 Å². The van der Waals surface area contributed by atoms with Gasteiger partial charge in [-0.2, -0.15) is 5.10 Å². The minimum absolute atomic E-state index is 0.262. The van der Waals surface area contributed by atoms with Crippen LogP contribution in [0, 0.1) is 5.92 Å². The van der Waals surface area contributed by atoms with Crippen LogP contribution in [0.1, 0.15) is 79.4 Å². The van der Waals surface area contributed by atoms with Crippen molar-refractivity contribution in [2.75, 3.05) is 0 Å². The summed E-state index contributed by atoms with van der Waals surface area (Å²) in [5, 5.41) is 14.3. The van der Waals surface area contributed by atoms with Crippen LogP contribution in [-0.2, 0) is 19.4 Å². The van der Waals surface area contributed by atoms with Crippen molar-refractivity contribution in [2.45, 2.75) is 71.3 Å². The number of carbonyl (C=O) groups is 1. The lowest BCUT2D eigenvalue weighted by Crippen LogP contribution is -2.11. The summed E-state index contributed by atoms with van der Waals surface area (Å²) in [5.74, 6) is 1.80. The van der Waals surface area contributed by atoms with E-state index in [4.69, 9.17) is 10.1 Å². The normalized spacial score (nSPS) is 14.5. The third-order valence-corrected chi connectivity index (χ3v) is 6.33. The highest BCUT2D eigenvalue weighted by Crippen LogP contribution is 2.26. The van der Waals surface area contributed by atoms with Crippen LogP contribution in [0.15, 0.2) is 42.6 Å². The van der Waals surface area contributed by atoms with Crippen LogP contribution in [-0.4, -0.2) is 30.8 Å². The van der Waals surface area contributed by atoms with Crippen molar-refractivity contribution in [3.63, 3.8) is 0 Å². The number of aromatic carboxylic acids is 1. The summed E-state index contributed by atoms with van der Waals surface area (Å²) in [6.45, 7) is 2.83. The average Bonchev–Trinajstić information content (AvgIpc) is 3.19. The number of unbranched alkanes of at least 4 members (excludes halogenated alkanes) is 1. The molecule has 1 N–H and O–H groups in total. The number of nitrogens with zero attached hydrogens (tertiary/aromatic N) is 4. The molecule has 0 atom stereocenters. The maximum atomic E-state index is 11.5. The molecule has 2 aromatic heterocycles. The van der Waals surface area contributed by atoms with Gasteiger partial charge in [-0.25, -0.2) is 14.5 Å². The molecule has 3 aromatic rings. The van der Waals surface area contributed by atoms with Gasteiger partial charge in [0.1, 0.15) is 5.82 Å². The number of aromatic nitrogens is 4. The number of pyridine rings is 1. The van der Waals surface area contributed by atoms with Gasteiger partial charge < -0.3 is 5.11 Å².